The van der Waals surface area contributed by atoms with E-state index in [1.165, 1.54) is 11.5 Å². The van der Waals surface area contributed by atoms with Gasteiger partial charge in [-0.1, -0.05) is 0 Å². The Morgan fingerprint density at radius 2 is 2.33 bits per heavy atom. The summed E-state index contributed by atoms with van der Waals surface area (Å²) in [4.78, 5) is 17.1. The predicted octanol–water partition coefficient (Wildman–Crippen LogP) is 0.0811. The van der Waals surface area contributed by atoms with Gasteiger partial charge in [-0.3, -0.25) is 4.79 Å². The van der Waals surface area contributed by atoms with Crippen LogP contribution in [0.3, 0.4) is 0 Å². The number of hydrogen-bond acceptors (Lipinski definition) is 6. The first-order valence-corrected chi connectivity index (χ1v) is 5.36. The fourth-order valence-corrected chi connectivity index (χ4v) is 1.59. The van der Waals surface area contributed by atoms with Gasteiger partial charge in [0, 0.05) is 24.6 Å². The van der Waals surface area contributed by atoms with E-state index in [1.807, 2.05) is 13.8 Å². The summed E-state index contributed by atoms with van der Waals surface area (Å²) in [7, 11) is 1.78. The third-order valence-corrected chi connectivity index (χ3v) is 2.43. The van der Waals surface area contributed by atoms with Crippen LogP contribution in [0, 0.1) is 0 Å². The highest BCUT2D eigenvalue weighted by molar-refractivity contribution is 7.09. The Morgan fingerprint density at radius 1 is 1.67 bits per heavy atom. The summed E-state index contributed by atoms with van der Waals surface area (Å²) >= 11 is 1.18. The minimum Gasteiger partial charge on any atom is -0.367 e. The SMILES string of the molecule is CC(C)NC(=O)CN(C)c1nc(N)ns1. The van der Waals surface area contributed by atoms with E-state index in [0.29, 0.717) is 5.13 Å². The average Bonchev–Trinajstić information content (AvgIpc) is 2.49. The van der Waals surface area contributed by atoms with Gasteiger partial charge in [0.25, 0.3) is 0 Å². The van der Waals surface area contributed by atoms with Crippen molar-refractivity contribution >= 4 is 28.5 Å². The summed E-state index contributed by atoms with van der Waals surface area (Å²) in [5, 5.41) is 3.44. The van der Waals surface area contributed by atoms with Gasteiger partial charge in [0.05, 0.1) is 6.54 Å². The molecule has 0 aliphatic carbocycles. The van der Waals surface area contributed by atoms with E-state index in [0.717, 1.165) is 0 Å². The number of amides is 1. The third-order valence-electron chi connectivity index (χ3n) is 1.59. The van der Waals surface area contributed by atoms with Crippen molar-refractivity contribution in [3.8, 4) is 0 Å². The van der Waals surface area contributed by atoms with Crippen molar-refractivity contribution in [1.82, 2.24) is 14.7 Å². The van der Waals surface area contributed by atoms with E-state index < -0.39 is 0 Å². The van der Waals surface area contributed by atoms with Gasteiger partial charge in [0.1, 0.15) is 0 Å². The van der Waals surface area contributed by atoms with Gasteiger partial charge in [-0.05, 0) is 13.8 Å². The molecule has 1 aromatic rings. The molecule has 1 amide bonds. The summed E-state index contributed by atoms with van der Waals surface area (Å²) in [6.45, 7) is 4.09. The number of nitrogens with one attached hydrogen (secondary N) is 1. The second kappa shape index (κ2) is 4.92. The van der Waals surface area contributed by atoms with Gasteiger partial charge >= 0.3 is 0 Å². The molecule has 0 atom stereocenters. The van der Waals surface area contributed by atoms with Crippen molar-refractivity contribution in [2.24, 2.45) is 0 Å². The number of carbonyl (C=O) groups excluding carboxylic acids is 1. The molecule has 1 rings (SSSR count). The van der Waals surface area contributed by atoms with Gasteiger partial charge < -0.3 is 16.0 Å². The highest BCUT2D eigenvalue weighted by Gasteiger charge is 2.11. The lowest BCUT2D eigenvalue weighted by molar-refractivity contribution is -0.120. The smallest absolute Gasteiger partial charge is 0.239 e. The zero-order chi connectivity index (χ0) is 11.4. The lowest BCUT2D eigenvalue weighted by Gasteiger charge is -2.15. The summed E-state index contributed by atoms with van der Waals surface area (Å²) in [6.07, 6.45) is 0. The number of nitrogens with zero attached hydrogens (tertiary/aromatic N) is 3. The molecule has 7 heteroatoms. The van der Waals surface area contributed by atoms with E-state index >= 15 is 0 Å². The topological polar surface area (TPSA) is 84.1 Å². The van der Waals surface area contributed by atoms with Crippen molar-refractivity contribution in [3.63, 3.8) is 0 Å². The van der Waals surface area contributed by atoms with Gasteiger partial charge in [0.15, 0.2) is 0 Å². The molecule has 15 heavy (non-hydrogen) atoms. The van der Waals surface area contributed by atoms with E-state index in [1.54, 1.807) is 11.9 Å². The number of nitrogens with two attached hydrogens (primary N) is 1. The second-order valence-corrected chi connectivity index (χ2v) is 4.24. The highest BCUT2D eigenvalue weighted by Crippen LogP contribution is 2.15. The molecule has 0 spiro atoms. The number of anilines is 2. The molecular weight excluding hydrogens is 214 g/mol. The Morgan fingerprint density at radius 3 is 2.80 bits per heavy atom. The van der Waals surface area contributed by atoms with Crippen LogP contribution in [-0.4, -0.2) is 34.9 Å². The molecule has 0 aromatic carbocycles. The minimum absolute atomic E-state index is 0.0405. The van der Waals surface area contributed by atoms with Crippen LogP contribution in [0.1, 0.15) is 13.8 Å². The maximum Gasteiger partial charge on any atom is 0.239 e. The van der Waals surface area contributed by atoms with Crippen LogP contribution in [0.2, 0.25) is 0 Å². The molecular formula is C8H15N5OS. The Labute approximate surface area is 92.7 Å². The molecule has 6 nitrogen and oxygen atoms in total. The quantitative estimate of drug-likeness (QED) is 0.764. The molecule has 84 valence electrons. The molecule has 0 fully saturated rings. The zero-order valence-corrected chi connectivity index (χ0v) is 9.84. The van der Waals surface area contributed by atoms with Crippen LogP contribution in [-0.2, 0) is 4.79 Å². The number of carbonyl (C=O) groups is 1. The first-order valence-electron chi connectivity index (χ1n) is 4.58. The molecule has 0 bridgehead atoms. The number of nitrogen functional groups attached to an aromatic ring is 1. The first-order chi connectivity index (χ1) is 6.99. The molecule has 0 saturated carbocycles. The van der Waals surface area contributed by atoms with Crippen molar-refractivity contribution in [3.05, 3.63) is 0 Å². The first kappa shape index (κ1) is 11.7. The van der Waals surface area contributed by atoms with Crippen molar-refractivity contribution < 1.29 is 4.79 Å². The Kier molecular flexibility index (Phi) is 3.84. The Hall–Kier alpha value is -1.37. The van der Waals surface area contributed by atoms with E-state index in [9.17, 15) is 4.79 Å². The largest absolute Gasteiger partial charge is 0.367 e. The average molecular weight is 229 g/mol. The molecule has 0 unspecified atom stereocenters. The lowest BCUT2D eigenvalue weighted by atomic mass is 10.4. The standard InChI is InChI=1S/C8H15N5OS/c1-5(2)10-6(14)4-13(3)8-11-7(9)12-15-8/h5H,4H2,1-3H3,(H2,9,12)(H,10,14). The molecule has 3 N–H and O–H groups in total. The summed E-state index contributed by atoms with van der Waals surface area (Å²) < 4.78 is 3.84. The number of likely N-dealkylation sites (N-methyl/N-ethyl adjacent to an activating group) is 1. The third kappa shape index (κ3) is 3.70. The van der Waals surface area contributed by atoms with Crippen LogP contribution in [0.15, 0.2) is 0 Å². The fraction of sp³-hybridized carbons (Fsp3) is 0.625. The van der Waals surface area contributed by atoms with Gasteiger partial charge in [-0.2, -0.15) is 9.36 Å². The van der Waals surface area contributed by atoms with Crippen LogP contribution >= 0.6 is 11.5 Å². The molecule has 0 saturated heterocycles. The Balaban J connectivity index is 2.48. The lowest BCUT2D eigenvalue weighted by Crippen LogP contribution is -2.38. The normalized spacial score (nSPS) is 10.4. The van der Waals surface area contributed by atoms with Gasteiger partial charge in [-0.15, -0.1) is 0 Å². The summed E-state index contributed by atoms with van der Waals surface area (Å²) in [5.74, 6) is 0.201. The van der Waals surface area contributed by atoms with Crippen LogP contribution in [0.5, 0.6) is 0 Å². The Bertz CT molecular complexity index is 338. The fourth-order valence-electron chi connectivity index (χ4n) is 1.03. The second-order valence-electron chi connectivity index (χ2n) is 3.51. The van der Waals surface area contributed by atoms with Crippen molar-refractivity contribution in [2.45, 2.75) is 19.9 Å². The van der Waals surface area contributed by atoms with Crippen LogP contribution < -0.4 is 16.0 Å². The van der Waals surface area contributed by atoms with Gasteiger partial charge in [-0.25, -0.2) is 0 Å². The molecule has 1 heterocycles. The highest BCUT2D eigenvalue weighted by atomic mass is 32.1. The number of rotatable bonds is 4. The van der Waals surface area contributed by atoms with Crippen molar-refractivity contribution in [1.29, 1.82) is 0 Å². The summed E-state index contributed by atoms with van der Waals surface area (Å²) in [5.41, 5.74) is 5.39. The van der Waals surface area contributed by atoms with Crippen LogP contribution in [0.4, 0.5) is 11.1 Å². The zero-order valence-electron chi connectivity index (χ0n) is 9.02. The summed E-state index contributed by atoms with van der Waals surface area (Å²) in [6, 6.07) is 0.144. The van der Waals surface area contributed by atoms with Crippen molar-refractivity contribution in [2.75, 3.05) is 24.2 Å². The molecule has 0 radical (unpaired) electrons. The molecule has 0 aliphatic heterocycles. The molecule has 1 aromatic heterocycles. The maximum absolute atomic E-state index is 11.4. The van der Waals surface area contributed by atoms with Crippen LogP contribution in [0.25, 0.3) is 0 Å². The minimum atomic E-state index is -0.0405. The number of hydrogen-bond donors (Lipinski definition) is 2. The van der Waals surface area contributed by atoms with Gasteiger partial charge in [0.2, 0.25) is 17.0 Å². The maximum atomic E-state index is 11.4. The van der Waals surface area contributed by atoms with E-state index in [-0.39, 0.29) is 24.4 Å². The van der Waals surface area contributed by atoms with E-state index in [4.69, 9.17) is 5.73 Å². The predicted molar refractivity (Wildman–Crippen MR) is 60.9 cm³/mol. The number of aromatic nitrogens is 2. The van der Waals surface area contributed by atoms with E-state index in [2.05, 4.69) is 14.7 Å². The monoisotopic (exact) mass is 229 g/mol. The molecule has 0 aliphatic rings.